The summed E-state index contributed by atoms with van der Waals surface area (Å²) in [6.07, 6.45) is -0.493. The zero-order chi connectivity index (χ0) is 16.6. The molecule has 0 fully saturated rings. The summed E-state index contributed by atoms with van der Waals surface area (Å²) in [5, 5.41) is 14.6. The number of fused-ring (bicyclic) bond motifs is 1. The van der Waals surface area contributed by atoms with E-state index in [0.29, 0.717) is 16.9 Å². The number of nitrogens with one attached hydrogen (secondary N) is 3. The molecule has 3 rings (SSSR count). The topological polar surface area (TPSA) is 89.4 Å². The van der Waals surface area contributed by atoms with Gasteiger partial charge in [0, 0.05) is 30.9 Å². The first kappa shape index (κ1) is 14.9. The lowest BCUT2D eigenvalue weighted by molar-refractivity contribution is -0.0909. The highest BCUT2D eigenvalue weighted by Gasteiger charge is 2.35. The molecule has 2 aromatic heterocycles. The van der Waals surface area contributed by atoms with Crippen molar-refractivity contribution in [3.63, 3.8) is 0 Å². The van der Waals surface area contributed by atoms with Gasteiger partial charge in [0.25, 0.3) is 0 Å². The van der Waals surface area contributed by atoms with Crippen molar-refractivity contribution in [3.05, 3.63) is 29.1 Å². The molecule has 0 saturated carbocycles. The van der Waals surface area contributed by atoms with Gasteiger partial charge in [-0.15, -0.1) is 0 Å². The number of hydrogen-bond acceptors (Lipinski definition) is 5. The van der Waals surface area contributed by atoms with Crippen LogP contribution in [0, 0.1) is 11.3 Å². The molecule has 0 amide bonds. The number of rotatable bonds is 2. The summed E-state index contributed by atoms with van der Waals surface area (Å²) in [5.41, 5.74) is 0.488. The van der Waals surface area contributed by atoms with Crippen LogP contribution in [0.15, 0.2) is 18.0 Å². The van der Waals surface area contributed by atoms with Crippen molar-refractivity contribution in [1.29, 1.82) is 5.26 Å². The molecule has 3 heterocycles. The van der Waals surface area contributed by atoms with Crippen LogP contribution in [0.5, 0.6) is 0 Å². The van der Waals surface area contributed by atoms with Gasteiger partial charge in [0.1, 0.15) is 11.9 Å². The summed E-state index contributed by atoms with van der Waals surface area (Å²) in [4.78, 5) is 11.0. The van der Waals surface area contributed by atoms with Gasteiger partial charge in [0.2, 0.25) is 5.95 Å². The molecule has 23 heavy (non-hydrogen) atoms. The van der Waals surface area contributed by atoms with Crippen LogP contribution in [-0.4, -0.2) is 34.7 Å². The van der Waals surface area contributed by atoms with Gasteiger partial charge < -0.3 is 15.6 Å². The van der Waals surface area contributed by atoms with Gasteiger partial charge in [-0.3, -0.25) is 0 Å². The Balaban J connectivity index is 2.17. The molecule has 0 saturated heterocycles. The van der Waals surface area contributed by atoms with Crippen LogP contribution >= 0.6 is 0 Å². The third-order valence-corrected chi connectivity index (χ3v) is 3.45. The Kier molecular flexibility index (Phi) is 3.44. The summed E-state index contributed by atoms with van der Waals surface area (Å²) in [5.74, 6) is 0.735. The summed E-state index contributed by atoms with van der Waals surface area (Å²) in [6, 6.07) is 1.95. The lowest BCUT2D eigenvalue weighted by Gasteiger charge is -2.18. The number of aromatic nitrogens is 3. The molecular formula is C14H11F3N6. The average Bonchev–Trinajstić information content (AvgIpc) is 2.96. The maximum Gasteiger partial charge on any atom is 0.414 e. The summed E-state index contributed by atoms with van der Waals surface area (Å²) in [7, 11) is 1.61. The molecule has 0 unspecified atom stereocenters. The van der Waals surface area contributed by atoms with Gasteiger partial charge in [-0.1, -0.05) is 0 Å². The largest absolute Gasteiger partial charge is 0.414 e. The average molecular weight is 320 g/mol. The van der Waals surface area contributed by atoms with E-state index in [9.17, 15) is 18.4 Å². The number of nitrogens with zero attached hydrogens (tertiary/aromatic N) is 3. The van der Waals surface area contributed by atoms with Crippen LogP contribution in [0.1, 0.15) is 11.1 Å². The van der Waals surface area contributed by atoms with Crippen LogP contribution in [0.3, 0.4) is 0 Å². The van der Waals surface area contributed by atoms with E-state index in [4.69, 9.17) is 0 Å². The predicted octanol–water partition coefficient (Wildman–Crippen LogP) is 2.76. The van der Waals surface area contributed by atoms with E-state index < -0.39 is 11.7 Å². The van der Waals surface area contributed by atoms with Crippen molar-refractivity contribution in [1.82, 2.24) is 15.0 Å². The van der Waals surface area contributed by atoms with E-state index in [1.54, 1.807) is 7.05 Å². The van der Waals surface area contributed by atoms with E-state index in [0.717, 1.165) is 6.08 Å². The lowest BCUT2D eigenvalue weighted by Crippen LogP contribution is -2.22. The van der Waals surface area contributed by atoms with Gasteiger partial charge in [0.15, 0.2) is 0 Å². The Morgan fingerprint density at radius 1 is 1.39 bits per heavy atom. The standard InChI is InChI=1S/C14H11F3N6/c1-19-13-22-4-7(3-18)11(23-13)10-6-21-12-9(10)2-8(5-20-12)14(15,16)17/h2,4,6,20-21H,5H2,1H3,(H,19,22,23). The second kappa shape index (κ2) is 5.31. The third kappa shape index (κ3) is 2.59. The number of anilines is 2. The van der Waals surface area contributed by atoms with Gasteiger partial charge in [-0.05, 0) is 6.08 Å². The van der Waals surface area contributed by atoms with Crippen molar-refractivity contribution in [2.75, 3.05) is 24.2 Å². The Morgan fingerprint density at radius 3 is 2.83 bits per heavy atom. The smallest absolute Gasteiger partial charge is 0.367 e. The highest BCUT2D eigenvalue weighted by atomic mass is 19.4. The minimum absolute atomic E-state index is 0.179. The molecule has 1 aliphatic rings. The molecule has 6 nitrogen and oxygen atoms in total. The van der Waals surface area contributed by atoms with Crippen molar-refractivity contribution < 1.29 is 13.2 Å². The Hall–Kier alpha value is -3.02. The summed E-state index contributed by atoms with van der Waals surface area (Å²) in [6.45, 7) is -0.312. The van der Waals surface area contributed by atoms with Crippen molar-refractivity contribution in [2.45, 2.75) is 6.18 Å². The molecular weight excluding hydrogens is 309 g/mol. The molecule has 1 aliphatic heterocycles. The van der Waals surface area contributed by atoms with Gasteiger partial charge >= 0.3 is 6.18 Å². The number of aromatic amines is 1. The Morgan fingerprint density at radius 2 is 2.17 bits per heavy atom. The van der Waals surface area contributed by atoms with Crippen LogP contribution in [-0.2, 0) is 0 Å². The van der Waals surface area contributed by atoms with Crippen LogP contribution in [0.4, 0.5) is 24.9 Å². The fourth-order valence-corrected chi connectivity index (χ4v) is 2.31. The molecule has 0 aromatic carbocycles. The molecule has 0 aliphatic carbocycles. The number of halogens is 3. The van der Waals surface area contributed by atoms with Crippen molar-refractivity contribution >= 4 is 17.8 Å². The molecule has 0 bridgehead atoms. The quantitative estimate of drug-likeness (QED) is 0.792. The second-order valence-corrected chi connectivity index (χ2v) is 4.83. The minimum Gasteiger partial charge on any atom is -0.367 e. The molecule has 2 aromatic rings. The van der Waals surface area contributed by atoms with Crippen LogP contribution < -0.4 is 10.6 Å². The first-order valence-electron chi connectivity index (χ1n) is 6.62. The van der Waals surface area contributed by atoms with Crippen LogP contribution in [0.25, 0.3) is 17.3 Å². The second-order valence-electron chi connectivity index (χ2n) is 4.83. The highest BCUT2D eigenvalue weighted by Crippen LogP contribution is 2.38. The number of hydrogen-bond donors (Lipinski definition) is 3. The maximum atomic E-state index is 12.9. The van der Waals surface area contributed by atoms with E-state index in [1.807, 2.05) is 6.07 Å². The molecule has 0 radical (unpaired) electrons. The first-order valence-corrected chi connectivity index (χ1v) is 6.62. The molecule has 0 spiro atoms. The zero-order valence-electron chi connectivity index (χ0n) is 11.9. The Labute approximate surface area is 129 Å². The fourth-order valence-electron chi connectivity index (χ4n) is 2.31. The Bertz CT molecular complexity index is 828. The van der Waals surface area contributed by atoms with Gasteiger partial charge in [0.05, 0.1) is 23.0 Å². The third-order valence-electron chi connectivity index (χ3n) is 3.45. The molecule has 9 heteroatoms. The van der Waals surface area contributed by atoms with Crippen LogP contribution in [0.2, 0.25) is 0 Å². The van der Waals surface area contributed by atoms with Crippen molar-refractivity contribution in [2.24, 2.45) is 0 Å². The molecule has 0 atom stereocenters. The molecule has 118 valence electrons. The zero-order valence-corrected chi connectivity index (χ0v) is 11.9. The SMILES string of the molecule is CNc1ncc(C#N)c(-c2c[nH]c3c2C=C(C(F)(F)F)CN3)n1. The maximum absolute atomic E-state index is 12.9. The van der Waals surface area contributed by atoms with E-state index in [1.165, 1.54) is 12.4 Å². The highest BCUT2D eigenvalue weighted by molar-refractivity contribution is 5.85. The van der Waals surface area contributed by atoms with Gasteiger partial charge in [-0.25, -0.2) is 9.97 Å². The molecule has 3 N–H and O–H groups in total. The summed E-state index contributed by atoms with van der Waals surface area (Å²) >= 11 is 0. The number of H-pyrrole nitrogens is 1. The lowest BCUT2D eigenvalue weighted by atomic mass is 10.0. The van der Waals surface area contributed by atoms with E-state index >= 15 is 0 Å². The monoisotopic (exact) mass is 320 g/mol. The first-order chi connectivity index (χ1) is 10.9. The summed E-state index contributed by atoms with van der Waals surface area (Å²) < 4.78 is 38.8. The number of alkyl halides is 3. The minimum atomic E-state index is -4.42. The predicted molar refractivity (Wildman–Crippen MR) is 78.6 cm³/mol. The van der Waals surface area contributed by atoms with E-state index in [-0.39, 0.29) is 23.8 Å². The van der Waals surface area contributed by atoms with E-state index in [2.05, 4.69) is 25.6 Å². The normalized spacial score (nSPS) is 13.6. The number of nitriles is 1. The van der Waals surface area contributed by atoms with Gasteiger partial charge in [-0.2, -0.15) is 18.4 Å². The van der Waals surface area contributed by atoms with Crippen molar-refractivity contribution in [3.8, 4) is 17.3 Å². The fraction of sp³-hybridized carbons (Fsp3) is 0.214.